The third kappa shape index (κ3) is 5.08. The second-order valence-electron chi connectivity index (χ2n) is 7.54. The van der Waals surface area contributed by atoms with Crippen LogP contribution in [0.3, 0.4) is 0 Å². The van der Waals surface area contributed by atoms with Gasteiger partial charge in [0.05, 0.1) is 15.7 Å². The summed E-state index contributed by atoms with van der Waals surface area (Å²) >= 11 is 7.31. The highest BCUT2D eigenvalue weighted by Gasteiger charge is 2.29. The third-order valence-corrected chi connectivity index (χ3v) is 6.14. The van der Waals surface area contributed by atoms with Crippen LogP contribution in [0.1, 0.15) is 47.1 Å². The van der Waals surface area contributed by atoms with Gasteiger partial charge in [0.1, 0.15) is 10.7 Å². The molecule has 8 heteroatoms. The Balaban J connectivity index is 1.56. The van der Waals surface area contributed by atoms with Gasteiger partial charge >= 0.3 is 0 Å². The number of hydrogen-bond donors (Lipinski definition) is 1. The third-order valence-electron chi connectivity index (χ3n) is 4.75. The van der Waals surface area contributed by atoms with Crippen LogP contribution in [0.5, 0.6) is 0 Å². The summed E-state index contributed by atoms with van der Waals surface area (Å²) in [6.45, 7) is 7.33. The molecular weight excluding hydrogens is 396 g/mol. The summed E-state index contributed by atoms with van der Waals surface area (Å²) < 4.78 is 0. The van der Waals surface area contributed by atoms with Gasteiger partial charge in [-0.15, -0.1) is 11.3 Å². The van der Waals surface area contributed by atoms with E-state index in [1.54, 1.807) is 12.1 Å². The maximum Gasteiger partial charge on any atom is 0.265 e. The van der Waals surface area contributed by atoms with Crippen molar-refractivity contribution in [3.8, 4) is 0 Å². The maximum absolute atomic E-state index is 12.9. The Labute approximate surface area is 174 Å². The molecule has 3 rings (SSSR count). The van der Waals surface area contributed by atoms with Crippen molar-refractivity contribution in [3.05, 3.63) is 38.9 Å². The van der Waals surface area contributed by atoms with E-state index in [-0.39, 0.29) is 17.7 Å². The Bertz CT molecular complexity index is 842. The first-order valence-corrected chi connectivity index (χ1v) is 10.7. The molecule has 2 aromatic heterocycles. The first-order chi connectivity index (χ1) is 13.3. The molecular formula is C20H25ClN4O2S. The van der Waals surface area contributed by atoms with E-state index in [1.807, 2.05) is 11.8 Å². The average Bonchev–Trinajstić information content (AvgIpc) is 3.02. The number of nitrogens with zero attached hydrogens (tertiary/aromatic N) is 3. The average molecular weight is 421 g/mol. The Kier molecular flexibility index (Phi) is 6.67. The van der Waals surface area contributed by atoms with Gasteiger partial charge in [-0.1, -0.05) is 25.4 Å². The minimum absolute atomic E-state index is 0.0308. The molecule has 3 heterocycles. The summed E-state index contributed by atoms with van der Waals surface area (Å²) in [6.07, 6.45) is 3.67. The van der Waals surface area contributed by atoms with Gasteiger partial charge in [-0.25, -0.2) is 9.97 Å². The molecule has 2 amide bonds. The summed E-state index contributed by atoms with van der Waals surface area (Å²) in [4.78, 5) is 36.6. The lowest BCUT2D eigenvalue weighted by molar-refractivity contribution is -0.121. The normalized spacial score (nSPS) is 15.1. The van der Waals surface area contributed by atoms with Gasteiger partial charge in [0, 0.05) is 31.6 Å². The minimum atomic E-state index is -0.124. The quantitative estimate of drug-likeness (QED) is 0.786. The van der Waals surface area contributed by atoms with E-state index in [1.165, 1.54) is 17.5 Å². The summed E-state index contributed by atoms with van der Waals surface area (Å²) in [7, 11) is 0. The van der Waals surface area contributed by atoms with Crippen molar-refractivity contribution in [2.24, 2.45) is 11.8 Å². The molecule has 0 saturated carbocycles. The lowest BCUT2D eigenvalue weighted by Gasteiger charge is -2.31. The molecule has 28 heavy (non-hydrogen) atoms. The molecule has 0 bridgehead atoms. The number of carbonyl (C=O) groups excluding carboxylic acids is 2. The van der Waals surface area contributed by atoms with Crippen LogP contribution in [0, 0.1) is 18.8 Å². The zero-order chi connectivity index (χ0) is 20.3. The fraction of sp³-hybridized carbons (Fsp3) is 0.500. The lowest BCUT2D eigenvalue weighted by Crippen LogP contribution is -2.41. The Hall–Kier alpha value is -1.99. The monoisotopic (exact) mass is 420 g/mol. The molecule has 0 spiro atoms. The van der Waals surface area contributed by atoms with Gasteiger partial charge in [0.15, 0.2) is 0 Å². The first kappa shape index (κ1) is 20.7. The van der Waals surface area contributed by atoms with E-state index in [4.69, 9.17) is 11.6 Å². The summed E-state index contributed by atoms with van der Waals surface area (Å²) in [6, 6.07) is 3.37. The lowest BCUT2D eigenvalue weighted by atomic mass is 9.95. The van der Waals surface area contributed by atoms with E-state index < -0.39 is 0 Å². The second-order valence-corrected chi connectivity index (χ2v) is 9.06. The van der Waals surface area contributed by atoms with Gasteiger partial charge in [-0.2, -0.15) is 0 Å². The van der Waals surface area contributed by atoms with Crippen LogP contribution in [-0.4, -0.2) is 39.8 Å². The van der Waals surface area contributed by atoms with E-state index in [0.29, 0.717) is 42.7 Å². The molecule has 150 valence electrons. The number of aromatic nitrogens is 2. The molecule has 0 aromatic carbocycles. The molecule has 0 aliphatic carbocycles. The Morgan fingerprint density at radius 1 is 1.32 bits per heavy atom. The van der Waals surface area contributed by atoms with Crippen molar-refractivity contribution < 1.29 is 9.59 Å². The number of likely N-dealkylation sites (tertiary alicyclic amines) is 1. The Morgan fingerprint density at radius 3 is 2.64 bits per heavy atom. The van der Waals surface area contributed by atoms with Crippen LogP contribution in [-0.2, 0) is 11.2 Å². The molecule has 1 N–H and O–H groups in total. The highest BCUT2D eigenvalue weighted by atomic mass is 35.5. The number of piperidine rings is 1. The molecule has 0 radical (unpaired) electrons. The largest absolute Gasteiger partial charge is 0.338 e. The number of pyridine rings is 1. The highest BCUT2D eigenvalue weighted by molar-refractivity contribution is 7.13. The number of rotatable bonds is 5. The van der Waals surface area contributed by atoms with E-state index >= 15 is 0 Å². The highest BCUT2D eigenvalue weighted by Crippen LogP contribution is 2.26. The molecule has 1 aliphatic heterocycles. The van der Waals surface area contributed by atoms with Crippen LogP contribution in [0.25, 0.3) is 0 Å². The summed E-state index contributed by atoms with van der Waals surface area (Å²) in [5, 5.41) is 4.37. The number of thiazole rings is 1. The zero-order valence-corrected chi connectivity index (χ0v) is 17.9. The molecule has 6 nitrogen and oxygen atoms in total. The molecule has 1 fully saturated rings. The van der Waals surface area contributed by atoms with Crippen molar-refractivity contribution in [3.63, 3.8) is 0 Å². The molecule has 0 unspecified atom stereocenters. The van der Waals surface area contributed by atoms with Crippen molar-refractivity contribution in [1.29, 1.82) is 0 Å². The number of halogens is 1. The molecule has 2 aromatic rings. The smallest absolute Gasteiger partial charge is 0.265 e. The first-order valence-electron chi connectivity index (χ1n) is 9.51. The zero-order valence-electron chi connectivity index (χ0n) is 16.4. The number of carbonyl (C=O) groups is 2. The van der Waals surface area contributed by atoms with Crippen molar-refractivity contribution >= 4 is 40.6 Å². The molecule has 1 aliphatic rings. The van der Waals surface area contributed by atoms with Gasteiger partial charge in [0.2, 0.25) is 5.91 Å². The van der Waals surface area contributed by atoms with Crippen LogP contribution >= 0.6 is 22.9 Å². The molecule has 0 atom stereocenters. The van der Waals surface area contributed by atoms with Crippen molar-refractivity contribution in [2.45, 2.75) is 40.0 Å². The van der Waals surface area contributed by atoms with Gasteiger partial charge < -0.3 is 10.2 Å². The topological polar surface area (TPSA) is 75.2 Å². The fourth-order valence-electron chi connectivity index (χ4n) is 3.25. The number of nitrogens with one attached hydrogen (secondary N) is 1. The minimum Gasteiger partial charge on any atom is -0.338 e. The fourth-order valence-corrected chi connectivity index (χ4v) is 4.61. The van der Waals surface area contributed by atoms with Crippen LogP contribution in [0.4, 0.5) is 5.82 Å². The maximum atomic E-state index is 12.9. The van der Waals surface area contributed by atoms with Gasteiger partial charge in [-0.05, 0) is 37.8 Å². The van der Waals surface area contributed by atoms with Crippen LogP contribution in [0.2, 0.25) is 5.02 Å². The van der Waals surface area contributed by atoms with Gasteiger partial charge in [0.25, 0.3) is 5.91 Å². The van der Waals surface area contributed by atoms with E-state index in [2.05, 4.69) is 29.1 Å². The second kappa shape index (κ2) is 9.01. The van der Waals surface area contributed by atoms with Crippen LogP contribution < -0.4 is 5.32 Å². The summed E-state index contributed by atoms with van der Waals surface area (Å²) in [5.74, 6) is 0.850. The van der Waals surface area contributed by atoms with E-state index in [9.17, 15) is 9.59 Å². The predicted octanol–water partition coefficient (Wildman–Crippen LogP) is 4.19. The van der Waals surface area contributed by atoms with Crippen molar-refractivity contribution in [2.75, 3.05) is 18.4 Å². The Morgan fingerprint density at radius 2 is 2.04 bits per heavy atom. The predicted molar refractivity (Wildman–Crippen MR) is 112 cm³/mol. The van der Waals surface area contributed by atoms with Gasteiger partial charge in [-0.3, -0.25) is 9.59 Å². The number of amides is 2. The number of aryl methyl sites for hydroxylation is 1. The van der Waals surface area contributed by atoms with Crippen LogP contribution in [0.15, 0.2) is 18.3 Å². The standard InChI is InChI=1S/C20H25ClN4O2S/c1-12(2)10-17-23-13(3)18(28-17)20(27)25-8-6-14(7-9-25)19(26)24-16-5-4-15(21)11-22-16/h4-5,11-12,14H,6-10H2,1-3H3,(H,22,24,26). The SMILES string of the molecule is Cc1nc(CC(C)C)sc1C(=O)N1CCC(C(=O)Nc2ccc(Cl)cn2)CC1. The van der Waals surface area contributed by atoms with E-state index in [0.717, 1.165) is 22.0 Å². The summed E-state index contributed by atoms with van der Waals surface area (Å²) in [5.41, 5.74) is 0.805. The number of hydrogen-bond acceptors (Lipinski definition) is 5. The number of anilines is 1. The molecule has 1 saturated heterocycles. The van der Waals surface area contributed by atoms with Crippen molar-refractivity contribution in [1.82, 2.24) is 14.9 Å².